The number of nitriles is 1. The molecule has 1 heterocycles. The van der Waals surface area contributed by atoms with Crippen molar-refractivity contribution < 1.29 is 0 Å². The number of thiazole rings is 1. The lowest BCUT2D eigenvalue weighted by Gasteiger charge is -2.00. The Morgan fingerprint density at radius 2 is 2.20 bits per heavy atom. The molecular weight excluding hydrogens is 208 g/mol. The van der Waals surface area contributed by atoms with Gasteiger partial charge >= 0.3 is 4.87 Å². The van der Waals surface area contributed by atoms with E-state index in [1.54, 1.807) is 4.57 Å². The van der Waals surface area contributed by atoms with E-state index < -0.39 is 0 Å². The number of unbranched alkanes of at least 4 members (excludes halogenated alkanes) is 1. The maximum atomic E-state index is 11.6. The first kappa shape index (κ1) is 9.94. The van der Waals surface area contributed by atoms with Crippen LogP contribution in [0.4, 0.5) is 0 Å². The van der Waals surface area contributed by atoms with E-state index in [0.29, 0.717) is 13.0 Å². The molecular formula is C11H10N2OS. The second-order valence-corrected chi connectivity index (χ2v) is 4.24. The van der Waals surface area contributed by atoms with Gasteiger partial charge in [-0.3, -0.25) is 9.36 Å². The zero-order chi connectivity index (χ0) is 10.7. The van der Waals surface area contributed by atoms with E-state index in [1.807, 2.05) is 24.3 Å². The maximum absolute atomic E-state index is 11.6. The monoisotopic (exact) mass is 218 g/mol. The van der Waals surface area contributed by atoms with Gasteiger partial charge in [0.1, 0.15) is 0 Å². The molecule has 0 amide bonds. The number of aromatic nitrogens is 1. The molecule has 0 atom stereocenters. The van der Waals surface area contributed by atoms with Crippen molar-refractivity contribution in [2.75, 3.05) is 0 Å². The van der Waals surface area contributed by atoms with Crippen LogP contribution in [0.5, 0.6) is 0 Å². The normalized spacial score (nSPS) is 10.3. The number of hydrogen-bond acceptors (Lipinski definition) is 3. The highest BCUT2D eigenvalue weighted by Crippen LogP contribution is 2.16. The van der Waals surface area contributed by atoms with Crippen LogP contribution >= 0.6 is 11.3 Å². The Balaban J connectivity index is 2.38. The lowest BCUT2D eigenvalue weighted by Crippen LogP contribution is -2.12. The first-order valence-electron chi connectivity index (χ1n) is 4.78. The summed E-state index contributed by atoms with van der Waals surface area (Å²) < 4.78 is 2.76. The number of nitrogens with zero attached hydrogens (tertiary/aromatic N) is 2. The summed E-state index contributed by atoms with van der Waals surface area (Å²) in [5, 5.41) is 8.44. The number of hydrogen-bond donors (Lipinski definition) is 0. The number of aryl methyl sites for hydroxylation is 1. The molecule has 2 aromatic rings. The van der Waals surface area contributed by atoms with Crippen molar-refractivity contribution in [1.29, 1.82) is 5.26 Å². The first-order chi connectivity index (χ1) is 7.33. The fraction of sp³-hybridized carbons (Fsp3) is 0.273. The van der Waals surface area contributed by atoms with E-state index >= 15 is 0 Å². The minimum absolute atomic E-state index is 0.0640. The molecule has 0 unspecified atom stereocenters. The molecule has 0 saturated heterocycles. The Morgan fingerprint density at radius 1 is 1.40 bits per heavy atom. The third-order valence-electron chi connectivity index (χ3n) is 2.24. The summed E-state index contributed by atoms with van der Waals surface area (Å²) in [7, 11) is 0. The second kappa shape index (κ2) is 4.28. The van der Waals surface area contributed by atoms with E-state index in [0.717, 1.165) is 16.6 Å². The van der Waals surface area contributed by atoms with Crippen LogP contribution in [-0.4, -0.2) is 4.57 Å². The van der Waals surface area contributed by atoms with Gasteiger partial charge in [-0.15, -0.1) is 0 Å². The molecule has 0 radical (unpaired) electrons. The van der Waals surface area contributed by atoms with Crippen molar-refractivity contribution in [2.45, 2.75) is 19.4 Å². The zero-order valence-electron chi connectivity index (χ0n) is 8.14. The van der Waals surface area contributed by atoms with Crippen LogP contribution < -0.4 is 4.87 Å². The average Bonchev–Trinajstić information content (AvgIpc) is 2.56. The summed E-state index contributed by atoms with van der Waals surface area (Å²) in [6.07, 6.45) is 1.23. The molecule has 0 aliphatic heterocycles. The van der Waals surface area contributed by atoms with Gasteiger partial charge in [-0.2, -0.15) is 5.26 Å². The smallest absolute Gasteiger partial charge is 0.299 e. The number of para-hydroxylation sites is 1. The van der Waals surface area contributed by atoms with E-state index in [4.69, 9.17) is 5.26 Å². The van der Waals surface area contributed by atoms with Crippen molar-refractivity contribution in [3.8, 4) is 6.07 Å². The Bertz CT molecular complexity index is 562. The molecule has 0 fully saturated rings. The van der Waals surface area contributed by atoms with E-state index in [1.165, 1.54) is 11.3 Å². The summed E-state index contributed by atoms with van der Waals surface area (Å²) in [5.41, 5.74) is 0.977. The lowest BCUT2D eigenvalue weighted by molar-refractivity contribution is 0.663. The Labute approximate surface area is 91.2 Å². The zero-order valence-corrected chi connectivity index (χ0v) is 8.96. The molecule has 3 nitrogen and oxygen atoms in total. The van der Waals surface area contributed by atoms with Gasteiger partial charge in [0, 0.05) is 13.0 Å². The van der Waals surface area contributed by atoms with Gasteiger partial charge in [0.05, 0.1) is 16.3 Å². The van der Waals surface area contributed by atoms with Crippen LogP contribution in [0.1, 0.15) is 12.8 Å². The predicted octanol–water partition coefficient (Wildman–Crippen LogP) is 2.37. The molecule has 1 aromatic heterocycles. The Kier molecular flexibility index (Phi) is 2.84. The molecule has 1 aromatic carbocycles. The van der Waals surface area contributed by atoms with Gasteiger partial charge in [0.25, 0.3) is 0 Å². The summed E-state index contributed by atoms with van der Waals surface area (Å²) in [6.45, 7) is 0.635. The quantitative estimate of drug-likeness (QED) is 0.742. The van der Waals surface area contributed by atoms with Gasteiger partial charge in [-0.1, -0.05) is 23.5 Å². The molecule has 0 bridgehead atoms. The molecule has 2 rings (SSSR count). The van der Waals surface area contributed by atoms with Crippen LogP contribution in [0.3, 0.4) is 0 Å². The number of benzene rings is 1. The van der Waals surface area contributed by atoms with Crippen LogP contribution in [0.2, 0.25) is 0 Å². The molecule has 0 saturated carbocycles. The lowest BCUT2D eigenvalue weighted by atomic mass is 10.3. The van der Waals surface area contributed by atoms with Gasteiger partial charge in [0.2, 0.25) is 0 Å². The average molecular weight is 218 g/mol. The van der Waals surface area contributed by atoms with Gasteiger partial charge in [0.15, 0.2) is 0 Å². The standard InChI is InChI=1S/C11H10N2OS/c12-7-3-4-8-13-9-5-1-2-6-10(9)15-11(13)14/h1-2,5-6H,3-4,8H2. The van der Waals surface area contributed by atoms with E-state index in [-0.39, 0.29) is 4.87 Å². The molecule has 4 heteroatoms. The van der Waals surface area contributed by atoms with Crippen molar-refractivity contribution >= 4 is 21.6 Å². The third kappa shape index (κ3) is 1.92. The maximum Gasteiger partial charge on any atom is 0.308 e. The Hall–Kier alpha value is -1.60. The molecule has 0 spiro atoms. The van der Waals surface area contributed by atoms with Crippen molar-refractivity contribution in [3.05, 3.63) is 33.9 Å². The topological polar surface area (TPSA) is 45.8 Å². The fourth-order valence-electron chi connectivity index (χ4n) is 1.54. The van der Waals surface area contributed by atoms with Crippen molar-refractivity contribution in [1.82, 2.24) is 4.57 Å². The van der Waals surface area contributed by atoms with Crippen LogP contribution in [0.25, 0.3) is 10.2 Å². The fourth-order valence-corrected chi connectivity index (χ4v) is 2.46. The van der Waals surface area contributed by atoms with Crippen LogP contribution in [-0.2, 0) is 6.54 Å². The largest absolute Gasteiger partial charge is 0.308 e. The highest BCUT2D eigenvalue weighted by molar-refractivity contribution is 7.16. The Morgan fingerprint density at radius 3 is 3.00 bits per heavy atom. The number of fused-ring (bicyclic) bond motifs is 1. The highest BCUT2D eigenvalue weighted by Gasteiger charge is 2.05. The van der Waals surface area contributed by atoms with Gasteiger partial charge < -0.3 is 0 Å². The minimum Gasteiger partial charge on any atom is -0.299 e. The minimum atomic E-state index is 0.0640. The van der Waals surface area contributed by atoms with Gasteiger partial charge in [-0.05, 0) is 18.6 Å². The summed E-state index contributed by atoms with van der Waals surface area (Å²) in [6, 6.07) is 9.83. The van der Waals surface area contributed by atoms with Crippen molar-refractivity contribution in [2.24, 2.45) is 0 Å². The van der Waals surface area contributed by atoms with Crippen LogP contribution in [0.15, 0.2) is 29.1 Å². The molecule has 15 heavy (non-hydrogen) atoms. The summed E-state index contributed by atoms with van der Waals surface area (Å²) >= 11 is 1.26. The molecule has 0 aliphatic carbocycles. The predicted molar refractivity (Wildman–Crippen MR) is 60.9 cm³/mol. The SMILES string of the molecule is N#CCCCn1c(=O)sc2ccccc21. The molecule has 0 N–H and O–H groups in total. The summed E-state index contributed by atoms with van der Waals surface area (Å²) in [4.78, 5) is 11.7. The van der Waals surface area contributed by atoms with Crippen molar-refractivity contribution in [3.63, 3.8) is 0 Å². The number of rotatable bonds is 3. The second-order valence-electron chi connectivity index (χ2n) is 3.25. The highest BCUT2D eigenvalue weighted by atomic mass is 32.1. The van der Waals surface area contributed by atoms with E-state index in [9.17, 15) is 4.79 Å². The summed E-state index contributed by atoms with van der Waals surface area (Å²) in [5.74, 6) is 0. The van der Waals surface area contributed by atoms with Gasteiger partial charge in [-0.25, -0.2) is 0 Å². The third-order valence-corrected chi connectivity index (χ3v) is 3.20. The molecule has 76 valence electrons. The van der Waals surface area contributed by atoms with Crippen LogP contribution in [0, 0.1) is 11.3 Å². The molecule has 0 aliphatic rings. The van der Waals surface area contributed by atoms with E-state index in [2.05, 4.69) is 6.07 Å². The first-order valence-corrected chi connectivity index (χ1v) is 5.60.